The van der Waals surface area contributed by atoms with Gasteiger partial charge in [-0.1, -0.05) is 0 Å². The van der Waals surface area contributed by atoms with Crippen LogP contribution in [0.15, 0.2) is 0 Å². The van der Waals surface area contributed by atoms with Crippen LogP contribution in [0.4, 0.5) is 0 Å². The highest BCUT2D eigenvalue weighted by atomic mass is 16.5. The predicted molar refractivity (Wildman–Crippen MR) is 73.7 cm³/mol. The molecule has 1 aliphatic heterocycles. The normalized spacial score (nSPS) is 42.0. The van der Waals surface area contributed by atoms with Crippen LogP contribution < -0.4 is 5.32 Å². The van der Waals surface area contributed by atoms with Crippen molar-refractivity contribution in [3.05, 3.63) is 0 Å². The summed E-state index contributed by atoms with van der Waals surface area (Å²) in [6.07, 6.45) is 4.53. The number of hydrogen-bond donors (Lipinski definition) is 2. The van der Waals surface area contributed by atoms with Gasteiger partial charge in [0.15, 0.2) is 0 Å². The Kier molecular flexibility index (Phi) is 3.92. The number of carboxylic acid groups (broad SMARTS) is 1. The van der Waals surface area contributed by atoms with Crippen molar-refractivity contribution in [1.82, 2.24) is 5.32 Å². The molecule has 2 saturated carbocycles. The molecular formula is C15H23NO5. The van der Waals surface area contributed by atoms with Crippen molar-refractivity contribution in [1.29, 1.82) is 0 Å². The first-order valence-corrected chi connectivity index (χ1v) is 7.71. The molecule has 0 radical (unpaired) electrons. The number of hydrogen-bond acceptors (Lipinski definition) is 4. The van der Waals surface area contributed by atoms with Crippen molar-refractivity contribution in [2.45, 2.75) is 56.3 Å². The molecule has 2 aliphatic carbocycles. The van der Waals surface area contributed by atoms with Crippen molar-refractivity contribution in [3.8, 4) is 0 Å². The van der Waals surface area contributed by atoms with Crippen LogP contribution in [0.1, 0.15) is 38.5 Å². The molecule has 1 spiro atoms. The fourth-order valence-electron chi connectivity index (χ4n) is 3.74. The molecule has 6 nitrogen and oxygen atoms in total. The van der Waals surface area contributed by atoms with Crippen molar-refractivity contribution in [3.63, 3.8) is 0 Å². The molecule has 1 heterocycles. The summed E-state index contributed by atoms with van der Waals surface area (Å²) in [5, 5.41) is 12.1. The third-order valence-corrected chi connectivity index (χ3v) is 5.22. The van der Waals surface area contributed by atoms with Gasteiger partial charge in [0.05, 0.1) is 17.6 Å². The monoisotopic (exact) mass is 297 g/mol. The zero-order valence-corrected chi connectivity index (χ0v) is 12.3. The maximum atomic E-state index is 12.1. The fraction of sp³-hybridized carbons (Fsp3) is 0.867. The highest BCUT2D eigenvalue weighted by Gasteiger charge is 2.51. The van der Waals surface area contributed by atoms with Gasteiger partial charge in [0.2, 0.25) is 5.91 Å². The van der Waals surface area contributed by atoms with Crippen LogP contribution >= 0.6 is 0 Å². The van der Waals surface area contributed by atoms with E-state index in [-0.39, 0.29) is 35.5 Å². The van der Waals surface area contributed by atoms with Crippen molar-refractivity contribution in [2.75, 3.05) is 13.7 Å². The molecule has 21 heavy (non-hydrogen) atoms. The Balaban J connectivity index is 1.46. The second-order valence-electron chi connectivity index (χ2n) is 6.70. The number of rotatable bonds is 4. The third-order valence-electron chi connectivity index (χ3n) is 5.22. The van der Waals surface area contributed by atoms with Crippen LogP contribution in [0.25, 0.3) is 0 Å². The highest BCUT2D eigenvalue weighted by molar-refractivity contribution is 5.80. The average Bonchev–Trinajstić information content (AvgIpc) is 2.34. The topological polar surface area (TPSA) is 84.9 Å². The van der Waals surface area contributed by atoms with Crippen molar-refractivity contribution < 1.29 is 24.2 Å². The first kappa shape index (κ1) is 14.8. The second kappa shape index (κ2) is 5.57. The van der Waals surface area contributed by atoms with Crippen LogP contribution in [0, 0.1) is 11.8 Å². The molecule has 0 aromatic heterocycles. The Morgan fingerprint density at radius 3 is 2.57 bits per heavy atom. The van der Waals surface area contributed by atoms with Gasteiger partial charge < -0.3 is 19.9 Å². The van der Waals surface area contributed by atoms with E-state index in [1.165, 1.54) is 0 Å². The molecule has 2 N–H and O–H groups in total. The summed E-state index contributed by atoms with van der Waals surface area (Å²) in [6.45, 7) is 0.600. The third kappa shape index (κ3) is 2.92. The van der Waals surface area contributed by atoms with Gasteiger partial charge >= 0.3 is 5.97 Å². The first-order chi connectivity index (χ1) is 10.0. The summed E-state index contributed by atoms with van der Waals surface area (Å²) in [4.78, 5) is 23.1. The van der Waals surface area contributed by atoms with E-state index >= 15 is 0 Å². The van der Waals surface area contributed by atoms with Crippen LogP contribution in [0.3, 0.4) is 0 Å². The summed E-state index contributed by atoms with van der Waals surface area (Å²) in [6, 6.07) is 0.114. The van der Waals surface area contributed by atoms with Crippen LogP contribution in [0.2, 0.25) is 0 Å². The van der Waals surface area contributed by atoms with E-state index in [4.69, 9.17) is 14.6 Å². The zero-order chi connectivity index (χ0) is 15.0. The fourth-order valence-corrected chi connectivity index (χ4v) is 3.74. The lowest BCUT2D eigenvalue weighted by molar-refractivity contribution is -0.182. The zero-order valence-electron chi connectivity index (χ0n) is 12.3. The molecule has 0 aromatic rings. The Morgan fingerprint density at radius 1 is 1.24 bits per heavy atom. The molecule has 1 saturated heterocycles. The number of aliphatic carboxylic acids is 1. The SMILES string of the molecule is COC1CC(C(=O)NC2CCOC3(C2)CC(C(=O)O)C3)C1. The Bertz CT molecular complexity index is 426. The van der Waals surface area contributed by atoms with Crippen LogP contribution in [0.5, 0.6) is 0 Å². The van der Waals surface area contributed by atoms with Gasteiger partial charge in [-0.25, -0.2) is 0 Å². The summed E-state index contributed by atoms with van der Waals surface area (Å²) >= 11 is 0. The lowest BCUT2D eigenvalue weighted by Gasteiger charge is -2.50. The van der Waals surface area contributed by atoms with Gasteiger partial charge in [0.25, 0.3) is 0 Å². The minimum Gasteiger partial charge on any atom is -0.481 e. The van der Waals surface area contributed by atoms with Crippen molar-refractivity contribution in [2.24, 2.45) is 11.8 Å². The van der Waals surface area contributed by atoms with Gasteiger partial charge in [0, 0.05) is 25.7 Å². The molecule has 3 rings (SSSR count). The van der Waals surface area contributed by atoms with E-state index in [2.05, 4.69) is 5.32 Å². The molecule has 3 fully saturated rings. The van der Waals surface area contributed by atoms with Crippen LogP contribution in [-0.4, -0.2) is 48.4 Å². The molecule has 0 bridgehead atoms. The van der Waals surface area contributed by atoms with E-state index in [1.54, 1.807) is 7.11 Å². The van der Waals surface area contributed by atoms with Gasteiger partial charge in [-0.15, -0.1) is 0 Å². The average molecular weight is 297 g/mol. The van der Waals surface area contributed by atoms with Gasteiger partial charge in [0.1, 0.15) is 0 Å². The Morgan fingerprint density at radius 2 is 1.95 bits per heavy atom. The molecule has 0 aromatic carbocycles. The largest absolute Gasteiger partial charge is 0.481 e. The summed E-state index contributed by atoms with van der Waals surface area (Å²) in [5.41, 5.74) is -0.312. The minimum absolute atomic E-state index is 0.0712. The number of carboxylic acids is 1. The maximum Gasteiger partial charge on any atom is 0.306 e. The van der Waals surface area contributed by atoms with E-state index in [1.807, 2.05) is 0 Å². The molecule has 1 unspecified atom stereocenters. The smallest absolute Gasteiger partial charge is 0.306 e. The lowest BCUT2D eigenvalue weighted by Crippen LogP contribution is -2.57. The van der Waals surface area contributed by atoms with E-state index in [0.29, 0.717) is 19.4 Å². The highest BCUT2D eigenvalue weighted by Crippen LogP contribution is 2.46. The Labute approximate surface area is 124 Å². The molecule has 6 heteroatoms. The molecule has 1 atom stereocenters. The standard InChI is InChI=1S/C15H23NO5/c1-20-12-4-9(5-12)13(17)16-11-2-3-21-15(8-11)6-10(7-15)14(18)19/h9-12H,2-8H2,1H3,(H,16,17)(H,18,19). The number of carbonyl (C=O) groups is 2. The summed E-state index contributed by atoms with van der Waals surface area (Å²) < 4.78 is 11.0. The number of methoxy groups -OCH3 is 1. The molecule has 3 aliphatic rings. The second-order valence-corrected chi connectivity index (χ2v) is 6.70. The Hall–Kier alpha value is -1.14. The lowest BCUT2D eigenvalue weighted by atomic mass is 9.66. The summed E-state index contributed by atoms with van der Waals surface area (Å²) in [5.74, 6) is -0.842. The quantitative estimate of drug-likeness (QED) is 0.806. The van der Waals surface area contributed by atoms with Crippen LogP contribution in [-0.2, 0) is 19.1 Å². The van der Waals surface area contributed by atoms with Gasteiger partial charge in [-0.05, 0) is 38.5 Å². The number of nitrogens with one attached hydrogen (secondary N) is 1. The number of ether oxygens (including phenoxy) is 2. The van der Waals surface area contributed by atoms with Gasteiger partial charge in [-0.2, -0.15) is 0 Å². The minimum atomic E-state index is -0.740. The van der Waals surface area contributed by atoms with E-state index in [9.17, 15) is 9.59 Å². The van der Waals surface area contributed by atoms with Crippen molar-refractivity contribution >= 4 is 11.9 Å². The molecule has 1 amide bonds. The predicted octanol–water partition coefficient (Wildman–Crippen LogP) is 0.940. The maximum absolute atomic E-state index is 12.1. The first-order valence-electron chi connectivity index (χ1n) is 7.71. The van der Waals surface area contributed by atoms with Gasteiger partial charge in [-0.3, -0.25) is 9.59 Å². The molecule has 118 valence electrons. The molecular weight excluding hydrogens is 274 g/mol. The van der Waals surface area contributed by atoms with E-state index < -0.39 is 5.97 Å². The summed E-state index contributed by atoms with van der Waals surface area (Å²) in [7, 11) is 1.68. The number of carbonyl (C=O) groups excluding carboxylic acids is 1. The van der Waals surface area contributed by atoms with E-state index in [0.717, 1.165) is 25.7 Å². The number of amides is 1.